The first kappa shape index (κ1) is 13.9. The summed E-state index contributed by atoms with van der Waals surface area (Å²) < 4.78 is 6.35. The quantitative estimate of drug-likeness (QED) is 0.679. The van der Waals surface area contributed by atoms with Gasteiger partial charge < -0.3 is 4.74 Å². The van der Waals surface area contributed by atoms with Crippen molar-refractivity contribution in [1.29, 1.82) is 0 Å². The molecule has 1 aromatic heterocycles. The molecular weight excluding hydrogens is 332 g/mol. The summed E-state index contributed by atoms with van der Waals surface area (Å²) in [7, 11) is 1.68. The van der Waals surface area contributed by atoms with E-state index in [9.17, 15) is 0 Å². The van der Waals surface area contributed by atoms with E-state index in [4.69, 9.17) is 16.3 Å². The average molecular weight is 346 g/mol. The Morgan fingerprint density at radius 2 is 2.17 bits per heavy atom. The molecule has 1 aromatic carbocycles. The molecular formula is C14H14BrClOS. The molecule has 0 aliphatic carbocycles. The Hall–Kier alpha value is -0.510. The standard InChI is InChI=1S/C14H14BrClOS/c1-9-12(8-14(15)18-9)13(16)7-10-4-3-5-11(6-10)17-2/h3-6,8,13H,7H2,1-2H3. The number of methoxy groups -OCH3 is 1. The molecule has 1 heterocycles. The minimum Gasteiger partial charge on any atom is -0.497 e. The van der Waals surface area contributed by atoms with Gasteiger partial charge in [0.1, 0.15) is 5.75 Å². The smallest absolute Gasteiger partial charge is 0.119 e. The highest BCUT2D eigenvalue weighted by Crippen LogP contribution is 2.35. The topological polar surface area (TPSA) is 9.23 Å². The van der Waals surface area contributed by atoms with Crippen LogP contribution in [0.5, 0.6) is 5.75 Å². The molecule has 0 amide bonds. The summed E-state index contributed by atoms with van der Waals surface area (Å²) in [5, 5.41) is -0.000318. The summed E-state index contributed by atoms with van der Waals surface area (Å²) in [4.78, 5) is 1.27. The number of hydrogen-bond acceptors (Lipinski definition) is 2. The molecule has 0 aliphatic rings. The zero-order valence-electron chi connectivity index (χ0n) is 10.2. The van der Waals surface area contributed by atoms with Crippen molar-refractivity contribution in [2.24, 2.45) is 0 Å². The Morgan fingerprint density at radius 1 is 1.39 bits per heavy atom. The van der Waals surface area contributed by atoms with Gasteiger partial charge in [-0.25, -0.2) is 0 Å². The lowest BCUT2D eigenvalue weighted by Crippen LogP contribution is -1.96. The van der Waals surface area contributed by atoms with E-state index in [1.807, 2.05) is 18.2 Å². The maximum atomic E-state index is 6.50. The molecule has 0 radical (unpaired) electrons. The fraction of sp³-hybridized carbons (Fsp3) is 0.286. The van der Waals surface area contributed by atoms with Crippen molar-refractivity contribution in [3.63, 3.8) is 0 Å². The van der Waals surface area contributed by atoms with E-state index in [1.165, 1.54) is 16.0 Å². The Morgan fingerprint density at radius 3 is 2.78 bits per heavy atom. The number of thiophene rings is 1. The molecule has 0 N–H and O–H groups in total. The first-order chi connectivity index (χ1) is 8.60. The first-order valence-corrected chi connectivity index (χ1v) is 7.67. The molecule has 1 atom stereocenters. The molecule has 0 bridgehead atoms. The Bertz CT molecular complexity index is 538. The van der Waals surface area contributed by atoms with Gasteiger partial charge in [-0.3, -0.25) is 0 Å². The minimum absolute atomic E-state index is 0.000318. The predicted octanol–water partition coefficient (Wildman–Crippen LogP) is 5.35. The second-order valence-corrected chi connectivity index (χ2v) is 7.25. The van der Waals surface area contributed by atoms with Crippen LogP contribution in [0.15, 0.2) is 34.1 Å². The van der Waals surface area contributed by atoms with Crippen LogP contribution in [-0.4, -0.2) is 7.11 Å². The molecule has 0 saturated heterocycles. The molecule has 1 nitrogen and oxygen atoms in total. The zero-order valence-corrected chi connectivity index (χ0v) is 13.4. The van der Waals surface area contributed by atoms with Crippen molar-refractivity contribution in [2.45, 2.75) is 18.7 Å². The number of rotatable bonds is 4. The summed E-state index contributed by atoms with van der Waals surface area (Å²) in [6.45, 7) is 2.10. The molecule has 0 saturated carbocycles. The maximum Gasteiger partial charge on any atom is 0.119 e. The van der Waals surface area contributed by atoms with E-state index in [-0.39, 0.29) is 5.38 Å². The monoisotopic (exact) mass is 344 g/mol. The predicted molar refractivity (Wildman–Crippen MR) is 82.0 cm³/mol. The van der Waals surface area contributed by atoms with Crippen LogP contribution in [-0.2, 0) is 6.42 Å². The van der Waals surface area contributed by atoms with Gasteiger partial charge in [0.15, 0.2) is 0 Å². The van der Waals surface area contributed by atoms with Crippen LogP contribution in [0.3, 0.4) is 0 Å². The van der Waals surface area contributed by atoms with Gasteiger partial charge in [-0.05, 0) is 58.6 Å². The van der Waals surface area contributed by atoms with Gasteiger partial charge in [-0.15, -0.1) is 22.9 Å². The third-order valence-electron chi connectivity index (χ3n) is 2.81. The van der Waals surface area contributed by atoms with Gasteiger partial charge >= 0.3 is 0 Å². The van der Waals surface area contributed by atoms with Crippen LogP contribution in [0.4, 0.5) is 0 Å². The Kier molecular flexibility index (Phi) is 4.71. The van der Waals surface area contributed by atoms with Crippen molar-refractivity contribution in [1.82, 2.24) is 0 Å². The summed E-state index contributed by atoms with van der Waals surface area (Å²) in [5.41, 5.74) is 2.40. The molecule has 0 aliphatic heterocycles. The van der Waals surface area contributed by atoms with E-state index in [2.05, 4.69) is 35.0 Å². The molecule has 2 aromatic rings. The minimum atomic E-state index is -0.000318. The van der Waals surface area contributed by atoms with Crippen LogP contribution < -0.4 is 4.74 Å². The third-order valence-corrected chi connectivity index (χ3v) is 4.77. The highest BCUT2D eigenvalue weighted by molar-refractivity contribution is 9.11. The Balaban J connectivity index is 2.15. The number of aryl methyl sites for hydroxylation is 1. The lowest BCUT2D eigenvalue weighted by atomic mass is 10.0. The van der Waals surface area contributed by atoms with Crippen LogP contribution in [0.2, 0.25) is 0 Å². The molecule has 18 heavy (non-hydrogen) atoms. The van der Waals surface area contributed by atoms with Crippen LogP contribution in [0.25, 0.3) is 0 Å². The van der Waals surface area contributed by atoms with Crippen molar-refractivity contribution >= 4 is 38.9 Å². The van der Waals surface area contributed by atoms with Gasteiger partial charge in [0.2, 0.25) is 0 Å². The van der Waals surface area contributed by atoms with E-state index in [0.29, 0.717) is 0 Å². The normalized spacial score (nSPS) is 12.4. The summed E-state index contributed by atoms with van der Waals surface area (Å²) in [6.07, 6.45) is 0.808. The fourth-order valence-corrected chi connectivity index (χ4v) is 4.13. The summed E-state index contributed by atoms with van der Waals surface area (Å²) >= 11 is 11.7. The molecule has 1 unspecified atom stereocenters. The van der Waals surface area contributed by atoms with Crippen molar-refractivity contribution in [3.8, 4) is 5.75 Å². The number of halogens is 2. The van der Waals surface area contributed by atoms with Crippen LogP contribution >= 0.6 is 38.9 Å². The number of hydrogen-bond donors (Lipinski definition) is 0. The SMILES string of the molecule is COc1cccc(CC(Cl)c2cc(Br)sc2C)c1. The van der Waals surface area contributed by atoms with Gasteiger partial charge in [-0.2, -0.15) is 0 Å². The highest BCUT2D eigenvalue weighted by atomic mass is 79.9. The number of ether oxygens (including phenoxy) is 1. The van der Waals surface area contributed by atoms with E-state index in [0.717, 1.165) is 16.0 Å². The van der Waals surface area contributed by atoms with E-state index < -0.39 is 0 Å². The second-order valence-electron chi connectivity index (χ2n) is 4.09. The number of alkyl halides is 1. The zero-order chi connectivity index (χ0) is 13.1. The number of benzene rings is 1. The summed E-state index contributed by atoms with van der Waals surface area (Å²) in [5.74, 6) is 0.875. The van der Waals surface area contributed by atoms with Crippen molar-refractivity contribution < 1.29 is 4.74 Å². The van der Waals surface area contributed by atoms with Gasteiger partial charge in [0.25, 0.3) is 0 Å². The second kappa shape index (κ2) is 6.09. The molecule has 0 spiro atoms. The van der Waals surface area contributed by atoms with Gasteiger partial charge in [0, 0.05) is 4.88 Å². The van der Waals surface area contributed by atoms with Gasteiger partial charge in [0.05, 0.1) is 16.3 Å². The largest absolute Gasteiger partial charge is 0.497 e. The van der Waals surface area contributed by atoms with Crippen LogP contribution in [0.1, 0.15) is 21.4 Å². The lowest BCUT2D eigenvalue weighted by Gasteiger charge is -2.10. The van der Waals surface area contributed by atoms with E-state index >= 15 is 0 Å². The maximum absolute atomic E-state index is 6.50. The first-order valence-electron chi connectivity index (χ1n) is 5.63. The average Bonchev–Trinajstić information content (AvgIpc) is 2.69. The highest BCUT2D eigenvalue weighted by Gasteiger charge is 2.14. The third kappa shape index (κ3) is 3.28. The molecule has 0 fully saturated rings. The molecule has 96 valence electrons. The van der Waals surface area contributed by atoms with E-state index in [1.54, 1.807) is 18.4 Å². The van der Waals surface area contributed by atoms with Crippen molar-refractivity contribution in [2.75, 3.05) is 7.11 Å². The molecule has 4 heteroatoms. The van der Waals surface area contributed by atoms with Crippen molar-refractivity contribution in [3.05, 3.63) is 50.1 Å². The lowest BCUT2D eigenvalue weighted by molar-refractivity contribution is 0.414. The van der Waals surface area contributed by atoms with Gasteiger partial charge in [-0.1, -0.05) is 12.1 Å². The summed E-state index contributed by atoms with van der Waals surface area (Å²) in [6, 6.07) is 10.2. The van der Waals surface area contributed by atoms with Crippen LogP contribution in [0, 0.1) is 6.92 Å². The Labute approximate surface area is 125 Å². The fourth-order valence-electron chi connectivity index (χ4n) is 1.89. The molecule has 2 rings (SSSR count).